The molecule has 0 aliphatic heterocycles. The van der Waals surface area contributed by atoms with Crippen LogP contribution in [0.3, 0.4) is 0 Å². The molecule has 0 unspecified atom stereocenters. The molecule has 0 saturated carbocycles. The molecule has 1 aromatic heterocycles. The van der Waals surface area contributed by atoms with Gasteiger partial charge in [0.15, 0.2) is 11.4 Å². The summed E-state index contributed by atoms with van der Waals surface area (Å²) in [5.74, 6) is -0.683. The minimum atomic E-state index is -0.462. The molecule has 3 aromatic rings. The van der Waals surface area contributed by atoms with E-state index in [4.69, 9.17) is 16.0 Å². The fourth-order valence-corrected chi connectivity index (χ4v) is 2.86. The van der Waals surface area contributed by atoms with E-state index in [-0.39, 0.29) is 5.78 Å². The molecule has 4 nitrogen and oxygen atoms in total. The maximum atomic E-state index is 12.5. The van der Waals surface area contributed by atoms with Gasteiger partial charge in [0.2, 0.25) is 0 Å². The Kier molecular flexibility index (Phi) is 3.47. The first kappa shape index (κ1) is 14.1. The van der Waals surface area contributed by atoms with Crippen LogP contribution in [0.1, 0.15) is 15.9 Å². The molecule has 3 rings (SSSR count). The van der Waals surface area contributed by atoms with Gasteiger partial charge in [0, 0.05) is 22.6 Å². The molecule has 0 saturated heterocycles. The third-order valence-electron chi connectivity index (χ3n) is 3.23. The Labute approximate surface area is 133 Å². The summed E-state index contributed by atoms with van der Waals surface area (Å²) in [4.78, 5) is 24.0. The molecule has 0 N–H and O–H groups in total. The van der Waals surface area contributed by atoms with Crippen molar-refractivity contribution in [3.63, 3.8) is 0 Å². The minimum Gasteiger partial charge on any atom is -0.408 e. The monoisotopic (exact) mass is 365 g/mol. The number of aromatic nitrogens is 1. The van der Waals surface area contributed by atoms with Crippen molar-refractivity contribution in [3.8, 4) is 0 Å². The molecule has 0 atom stereocenters. The number of rotatable bonds is 2. The van der Waals surface area contributed by atoms with E-state index in [1.54, 1.807) is 43.4 Å². The minimum absolute atomic E-state index is 0.221. The maximum absolute atomic E-state index is 12.5. The topological polar surface area (TPSA) is 52.2 Å². The van der Waals surface area contributed by atoms with E-state index in [9.17, 15) is 9.59 Å². The van der Waals surface area contributed by atoms with E-state index in [2.05, 4.69) is 15.9 Å². The zero-order valence-corrected chi connectivity index (χ0v) is 13.2. The molecule has 1 heterocycles. The average molecular weight is 367 g/mol. The lowest BCUT2D eigenvalue weighted by atomic mass is 10.0. The number of halogens is 2. The summed E-state index contributed by atoms with van der Waals surface area (Å²) in [6.45, 7) is 0. The molecule has 0 bridgehead atoms. The van der Waals surface area contributed by atoms with Crippen molar-refractivity contribution in [1.82, 2.24) is 4.57 Å². The quantitative estimate of drug-likeness (QED) is 0.649. The van der Waals surface area contributed by atoms with Gasteiger partial charge in [-0.05, 0) is 36.4 Å². The van der Waals surface area contributed by atoms with Gasteiger partial charge < -0.3 is 4.42 Å². The van der Waals surface area contributed by atoms with E-state index in [1.807, 2.05) is 0 Å². The number of hydrogen-bond donors (Lipinski definition) is 0. The first-order chi connectivity index (χ1) is 9.97. The second-order valence-electron chi connectivity index (χ2n) is 4.56. The van der Waals surface area contributed by atoms with Gasteiger partial charge in [0.1, 0.15) is 0 Å². The largest absolute Gasteiger partial charge is 0.419 e. The maximum Gasteiger partial charge on any atom is 0.419 e. The van der Waals surface area contributed by atoms with Crippen LogP contribution in [0.25, 0.3) is 11.1 Å². The van der Waals surface area contributed by atoms with Crippen molar-refractivity contribution in [2.45, 2.75) is 0 Å². The summed E-state index contributed by atoms with van der Waals surface area (Å²) in [5.41, 5.74) is 1.83. The van der Waals surface area contributed by atoms with E-state index in [0.29, 0.717) is 27.2 Å². The Morgan fingerprint density at radius 3 is 2.71 bits per heavy atom. The number of ketones is 1. The highest BCUT2D eigenvalue weighted by Gasteiger charge is 2.15. The number of fused-ring (bicyclic) bond motifs is 1. The van der Waals surface area contributed by atoms with Crippen LogP contribution in [0.2, 0.25) is 5.02 Å². The van der Waals surface area contributed by atoms with Gasteiger partial charge >= 0.3 is 5.76 Å². The Morgan fingerprint density at radius 2 is 2.00 bits per heavy atom. The van der Waals surface area contributed by atoms with Crippen molar-refractivity contribution in [2.75, 3.05) is 0 Å². The Bertz CT molecular complexity index is 926. The van der Waals surface area contributed by atoms with Crippen molar-refractivity contribution >= 4 is 44.4 Å². The molecule has 0 fully saturated rings. The van der Waals surface area contributed by atoms with Gasteiger partial charge in [0.05, 0.1) is 10.5 Å². The fourth-order valence-electron chi connectivity index (χ4n) is 2.10. The molecule has 0 aliphatic carbocycles. The number of nitrogens with zero attached hydrogens (tertiary/aromatic N) is 1. The standard InChI is InChI=1S/C15H9BrClNO3/c1-18-12-5-2-8(6-13(12)21-15(18)20)14(19)10-4-3-9(16)7-11(10)17/h2-7H,1H3. The highest BCUT2D eigenvalue weighted by Crippen LogP contribution is 2.25. The molecular weight excluding hydrogens is 358 g/mol. The lowest BCUT2D eigenvalue weighted by Gasteiger charge is -2.04. The first-order valence-corrected chi connectivity index (χ1v) is 7.24. The van der Waals surface area contributed by atoms with Gasteiger partial charge in [-0.25, -0.2) is 4.79 Å². The summed E-state index contributed by atoms with van der Waals surface area (Å²) in [6, 6.07) is 9.95. The van der Waals surface area contributed by atoms with Crippen LogP contribution < -0.4 is 5.76 Å². The highest BCUT2D eigenvalue weighted by atomic mass is 79.9. The smallest absolute Gasteiger partial charge is 0.408 e. The first-order valence-electron chi connectivity index (χ1n) is 6.06. The fraction of sp³-hybridized carbons (Fsp3) is 0.0667. The summed E-state index contributed by atoms with van der Waals surface area (Å²) in [5, 5.41) is 0.365. The molecule has 0 amide bonds. The van der Waals surface area contributed by atoms with Gasteiger partial charge in [-0.3, -0.25) is 9.36 Å². The van der Waals surface area contributed by atoms with E-state index >= 15 is 0 Å². The normalized spacial score (nSPS) is 11.0. The molecule has 0 spiro atoms. The number of aryl methyl sites for hydroxylation is 1. The van der Waals surface area contributed by atoms with Crippen LogP contribution in [0, 0.1) is 0 Å². The van der Waals surface area contributed by atoms with Crippen molar-refractivity contribution < 1.29 is 9.21 Å². The van der Waals surface area contributed by atoms with Gasteiger partial charge in [-0.15, -0.1) is 0 Å². The van der Waals surface area contributed by atoms with Crippen LogP contribution in [-0.4, -0.2) is 10.4 Å². The lowest BCUT2D eigenvalue weighted by Crippen LogP contribution is -2.08. The second kappa shape index (κ2) is 5.16. The number of carbonyl (C=O) groups excluding carboxylic acids is 1. The Morgan fingerprint density at radius 1 is 1.24 bits per heavy atom. The SMILES string of the molecule is Cn1c(=O)oc2cc(C(=O)c3ccc(Br)cc3Cl)ccc21. The lowest BCUT2D eigenvalue weighted by molar-refractivity contribution is 0.103. The third-order valence-corrected chi connectivity index (χ3v) is 4.04. The van der Waals surface area contributed by atoms with E-state index in [0.717, 1.165) is 4.47 Å². The summed E-state index contributed by atoms with van der Waals surface area (Å²) in [7, 11) is 1.61. The molecule has 0 aliphatic rings. The number of benzene rings is 2. The zero-order chi connectivity index (χ0) is 15.1. The average Bonchev–Trinajstić information content (AvgIpc) is 2.73. The second-order valence-corrected chi connectivity index (χ2v) is 5.89. The van der Waals surface area contributed by atoms with E-state index < -0.39 is 5.76 Å². The number of hydrogen-bond acceptors (Lipinski definition) is 3. The summed E-state index contributed by atoms with van der Waals surface area (Å²) < 4.78 is 7.27. The molecule has 2 aromatic carbocycles. The number of oxazole rings is 1. The van der Waals surface area contributed by atoms with E-state index in [1.165, 1.54) is 4.57 Å². The van der Waals surface area contributed by atoms with Gasteiger partial charge in [-0.2, -0.15) is 0 Å². The molecule has 6 heteroatoms. The highest BCUT2D eigenvalue weighted by molar-refractivity contribution is 9.10. The summed E-state index contributed by atoms with van der Waals surface area (Å²) in [6.07, 6.45) is 0. The number of carbonyl (C=O) groups is 1. The molecular formula is C15H9BrClNO3. The van der Waals surface area contributed by atoms with Crippen LogP contribution >= 0.6 is 27.5 Å². The molecule has 21 heavy (non-hydrogen) atoms. The van der Waals surface area contributed by atoms with Gasteiger partial charge in [-0.1, -0.05) is 27.5 Å². The van der Waals surface area contributed by atoms with Crippen LogP contribution in [-0.2, 0) is 7.05 Å². The molecule has 0 radical (unpaired) electrons. The Balaban J connectivity index is 2.11. The predicted molar refractivity (Wildman–Crippen MR) is 84.0 cm³/mol. The Hall–Kier alpha value is -1.85. The van der Waals surface area contributed by atoms with Crippen molar-refractivity contribution in [3.05, 3.63) is 67.6 Å². The van der Waals surface area contributed by atoms with Crippen molar-refractivity contribution in [2.24, 2.45) is 7.05 Å². The van der Waals surface area contributed by atoms with Gasteiger partial charge in [0.25, 0.3) is 0 Å². The third kappa shape index (κ3) is 2.43. The zero-order valence-electron chi connectivity index (χ0n) is 10.9. The summed E-state index contributed by atoms with van der Waals surface area (Å²) >= 11 is 9.39. The predicted octanol–water partition coefficient (Wildman–Crippen LogP) is 3.78. The van der Waals surface area contributed by atoms with Crippen LogP contribution in [0.5, 0.6) is 0 Å². The van der Waals surface area contributed by atoms with Crippen LogP contribution in [0.4, 0.5) is 0 Å². The molecule has 106 valence electrons. The van der Waals surface area contributed by atoms with Crippen LogP contribution in [0.15, 0.2) is 50.1 Å². The van der Waals surface area contributed by atoms with Crippen molar-refractivity contribution in [1.29, 1.82) is 0 Å².